The van der Waals surface area contributed by atoms with Gasteiger partial charge in [-0.25, -0.2) is 4.98 Å². The van der Waals surface area contributed by atoms with Gasteiger partial charge in [-0.15, -0.1) is 0 Å². The first kappa shape index (κ1) is 9.99. The molecule has 0 fully saturated rings. The lowest BCUT2D eigenvalue weighted by Crippen LogP contribution is -2.19. The van der Waals surface area contributed by atoms with Crippen LogP contribution in [0.1, 0.15) is 26.3 Å². The maximum Gasteiger partial charge on any atom is 0.128 e. The van der Waals surface area contributed by atoms with Gasteiger partial charge in [0.2, 0.25) is 0 Å². The molecule has 0 aliphatic rings. The second-order valence-corrected chi connectivity index (χ2v) is 3.95. The molecule has 0 unspecified atom stereocenters. The first-order valence-corrected chi connectivity index (χ1v) is 4.32. The fraction of sp³-hybridized carbons (Fsp3) is 0.500. The van der Waals surface area contributed by atoms with E-state index in [0.29, 0.717) is 12.4 Å². The van der Waals surface area contributed by atoms with Crippen LogP contribution in [-0.2, 0) is 11.3 Å². The quantitative estimate of drug-likeness (QED) is 0.757. The molecule has 0 bridgehead atoms. The number of hydrogen-bond acceptors (Lipinski definition) is 3. The minimum atomic E-state index is -0.137. The maximum absolute atomic E-state index is 5.66. The van der Waals surface area contributed by atoms with E-state index in [1.807, 2.05) is 32.9 Å². The maximum atomic E-state index is 5.66. The molecule has 72 valence electrons. The Morgan fingerprint density at radius 2 is 2.15 bits per heavy atom. The van der Waals surface area contributed by atoms with Gasteiger partial charge in [-0.2, -0.15) is 0 Å². The Kier molecular flexibility index (Phi) is 2.88. The van der Waals surface area contributed by atoms with Crippen LogP contribution in [0.25, 0.3) is 0 Å². The van der Waals surface area contributed by atoms with Crippen LogP contribution in [0.4, 0.5) is 5.82 Å². The second-order valence-electron chi connectivity index (χ2n) is 3.95. The Bertz CT molecular complexity index is 278. The van der Waals surface area contributed by atoms with Crippen molar-refractivity contribution in [3.63, 3.8) is 0 Å². The standard InChI is InChI=1S/C10H16N2O/c1-10(2,3)13-7-8-5-4-6-12-9(8)11/h4-6H,7H2,1-3H3,(H2,11,12). The number of nitrogen functional groups attached to an aromatic ring is 1. The summed E-state index contributed by atoms with van der Waals surface area (Å²) in [6, 6.07) is 3.78. The first-order valence-electron chi connectivity index (χ1n) is 4.32. The topological polar surface area (TPSA) is 48.1 Å². The minimum absolute atomic E-state index is 0.137. The molecule has 13 heavy (non-hydrogen) atoms. The van der Waals surface area contributed by atoms with Crippen molar-refractivity contribution in [2.45, 2.75) is 33.0 Å². The van der Waals surface area contributed by atoms with Gasteiger partial charge >= 0.3 is 0 Å². The summed E-state index contributed by atoms with van der Waals surface area (Å²) < 4.78 is 5.58. The molecule has 0 aliphatic carbocycles. The van der Waals surface area contributed by atoms with Crippen LogP contribution in [0.5, 0.6) is 0 Å². The molecule has 0 spiro atoms. The van der Waals surface area contributed by atoms with E-state index in [1.54, 1.807) is 6.20 Å². The monoisotopic (exact) mass is 180 g/mol. The number of anilines is 1. The molecule has 0 radical (unpaired) electrons. The van der Waals surface area contributed by atoms with E-state index < -0.39 is 0 Å². The van der Waals surface area contributed by atoms with Crippen LogP contribution < -0.4 is 5.73 Å². The van der Waals surface area contributed by atoms with Gasteiger partial charge in [-0.1, -0.05) is 6.07 Å². The van der Waals surface area contributed by atoms with Crippen molar-refractivity contribution in [2.75, 3.05) is 5.73 Å². The highest BCUT2D eigenvalue weighted by molar-refractivity contribution is 5.37. The van der Waals surface area contributed by atoms with E-state index in [2.05, 4.69) is 4.98 Å². The van der Waals surface area contributed by atoms with Crippen LogP contribution in [0.2, 0.25) is 0 Å². The summed E-state index contributed by atoms with van der Waals surface area (Å²) in [6.45, 7) is 6.56. The Hall–Kier alpha value is -1.09. The molecule has 0 atom stereocenters. The Morgan fingerprint density at radius 1 is 1.46 bits per heavy atom. The molecule has 0 saturated carbocycles. The van der Waals surface area contributed by atoms with E-state index in [-0.39, 0.29) is 5.60 Å². The van der Waals surface area contributed by atoms with E-state index in [4.69, 9.17) is 10.5 Å². The summed E-state index contributed by atoms with van der Waals surface area (Å²) in [5.74, 6) is 0.548. The van der Waals surface area contributed by atoms with Crippen LogP contribution in [0.15, 0.2) is 18.3 Å². The van der Waals surface area contributed by atoms with Crippen molar-refractivity contribution in [1.82, 2.24) is 4.98 Å². The van der Waals surface area contributed by atoms with E-state index in [0.717, 1.165) is 5.56 Å². The largest absolute Gasteiger partial charge is 0.383 e. The first-order chi connectivity index (χ1) is 5.99. The number of ether oxygens (including phenoxy) is 1. The minimum Gasteiger partial charge on any atom is -0.383 e. The molecule has 1 aromatic rings. The Morgan fingerprint density at radius 3 is 2.69 bits per heavy atom. The zero-order chi connectivity index (χ0) is 9.90. The number of rotatable bonds is 2. The Labute approximate surface area is 78.9 Å². The van der Waals surface area contributed by atoms with Crippen molar-refractivity contribution in [3.05, 3.63) is 23.9 Å². The van der Waals surface area contributed by atoms with Crippen molar-refractivity contribution in [3.8, 4) is 0 Å². The molecular formula is C10H16N2O. The van der Waals surface area contributed by atoms with Crippen LogP contribution in [-0.4, -0.2) is 10.6 Å². The summed E-state index contributed by atoms with van der Waals surface area (Å²) in [6.07, 6.45) is 1.68. The number of pyridine rings is 1. The molecule has 3 nitrogen and oxygen atoms in total. The average Bonchev–Trinajstić information content (AvgIpc) is 2.01. The molecule has 3 heteroatoms. The van der Waals surface area contributed by atoms with Gasteiger partial charge in [0.15, 0.2) is 0 Å². The highest BCUT2D eigenvalue weighted by Crippen LogP contribution is 2.14. The van der Waals surface area contributed by atoms with Gasteiger partial charge in [-0.05, 0) is 26.8 Å². The molecule has 1 heterocycles. The van der Waals surface area contributed by atoms with Gasteiger partial charge in [0.25, 0.3) is 0 Å². The summed E-state index contributed by atoms with van der Waals surface area (Å²) in [7, 11) is 0. The third kappa shape index (κ3) is 3.42. The van der Waals surface area contributed by atoms with Crippen LogP contribution >= 0.6 is 0 Å². The highest BCUT2D eigenvalue weighted by Gasteiger charge is 2.10. The summed E-state index contributed by atoms with van der Waals surface area (Å²) in [5, 5.41) is 0. The fourth-order valence-corrected chi connectivity index (χ4v) is 0.867. The summed E-state index contributed by atoms with van der Waals surface area (Å²) >= 11 is 0. The molecule has 0 amide bonds. The van der Waals surface area contributed by atoms with Crippen molar-refractivity contribution < 1.29 is 4.74 Å². The zero-order valence-corrected chi connectivity index (χ0v) is 8.37. The van der Waals surface area contributed by atoms with Crippen molar-refractivity contribution in [1.29, 1.82) is 0 Å². The lowest BCUT2D eigenvalue weighted by molar-refractivity contribution is -0.0147. The van der Waals surface area contributed by atoms with Gasteiger partial charge in [0.05, 0.1) is 12.2 Å². The smallest absolute Gasteiger partial charge is 0.128 e. The molecule has 1 rings (SSSR count). The molecule has 2 N–H and O–H groups in total. The number of nitrogens with two attached hydrogens (primary N) is 1. The van der Waals surface area contributed by atoms with E-state index >= 15 is 0 Å². The third-order valence-corrected chi connectivity index (χ3v) is 1.59. The van der Waals surface area contributed by atoms with E-state index in [9.17, 15) is 0 Å². The normalized spacial score (nSPS) is 11.6. The number of nitrogens with zero attached hydrogens (tertiary/aromatic N) is 1. The molecule has 0 aromatic carbocycles. The van der Waals surface area contributed by atoms with Crippen LogP contribution in [0, 0.1) is 0 Å². The fourth-order valence-electron chi connectivity index (χ4n) is 0.867. The SMILES string of the molecule is CC(C)(C)OCc1cccnc1N. The Balaban J connectivity index is 2.60. The summed E-state index contributed by atoms with van der Waals surface area (Å²) in [5.41, 5.74) is 6.46. The van der Waals surface area contributed by atoms with Crippen molar-refractivity contribution >= 4 is 5.82 Å². The lowest BCUT2D eigenvalue weighted by Gasteiger charge is -2.19. The number of aromatic nitrogens is 1. The van der Waals surface area contributed by atoms with Gasteiger partial charge in [-0.3, -0.25) is 0 Å². The molecule has 1 aromatic heterocycles. The van der Waals surface area contributed by atoms with Gasteiger partial charge in [0, 0.05) is 11.8 Å². The molecule has 0 saturated heterocycles. The third-order valence-electron chi connectivity index (χ3n) is 1.59. The van der Waals surface area contributed by atoms with Crippen LogP contribution in [0.3, 0.4) is 0 Å². The van der Waals surface area contributed by atoms with Gasteiger partial charge < -0.3 is 10.5 Å². The molecular weight excluding hydrogens is 164 g/mol. The summed E-state index contributed by atoms with van der Waals surface area (Å²) in [4.78, 5) is 3.98. The highest BCUT2D eigenvalue weighted by atomic mass is 16.5. The number of hydrogen-bond donors (Lipinski definition) is 1. The predicted molar refractivity (Wildman–Crippen MR) is 53.2 cm³/mol. The second kappa shape index (κ2) is 3.75. The van der Waals surface area contributed by atoms with E-state index in [1.165, 1.54) is 0 Å². The van der Waals surface area contributed by atoms with Crippen molar-refractivity contribution in [2.24, 2.45) is 0 Å². The zero-order valence-electron chi connectivity index (χ0n) is 8.37. The predicted octanol–water partition coefficient (Wildman–Crippen LogP) is 1.98. The lowest BCUT2D eigenvalue weighted by atomic mass is 10.2. The average molecular weight is 180 g/mol. The van der Waals surface area contributed by atoms with Gasteiger partial charge in [0.1, 0.15) is 5.82 Å². The molecule has 0 aliphatic heterocycles.